The largest absolute Gasteiger partial charge is 0.331 e. The van der Waals surface area contributed by atoms with Gasteiger partial charge in [-0.15, -0.1) is 0 Å². The Bertz CT molecular complexity index is 392. The van der Waals surface area contributed by atoms with E-state index in [4.69, 9.17) is 0 Å². The SMILES string of the molecule is Fc1ccc2[nH]c(F)cc2c1. The van der Waals surface area contributed by atoms with Crippen LogP contribution in [-0.2, 0) is 0 Å². The fourth-order valence-corrected chi connectivity index (χ4v) is 1.07. The van der Waals surface area contributed by atoms with Gasteiger partial charge in [0.2, 0.25) is 0 Å². The van der Waals surface area contributed by atoms with Crippen LogP contribution < -0.4 is 0 Å². The molecule has 0 aliphatic carbocycles. The Morgan fingerprint density at radius 3 is 2.73 bits per heavy atom. The fourth-order valence-electron chi connectivity index (χ4n) is 1.07. The Hall–Kier alpha value is -1.38. The van der Waals surface area contributed by atoms with Crippen molar-refractivity contribution in [2.24, 2.45) is 0 Å². The number of hydrogen-bond donors (Lipinski definition) is 1. The normalized spacial score (nSPS) is 10.7. The van der Waals surface area contributed by atoms with E-state index in [2.05, 4.69) is 4.98 Å². The van der Waals surface area contributed by atoms with Crippen molar-refractivity contribution in [3.63, 3.8) is 0 Å². The molecule has 1 aromatic carbocycles. The van der Waals surface area contributed by atoms with E-state index in [1.165, 1.54) is 24.3 Å². The Morgan fingerprint density at radius 2 is 1.91 bits per heavy atom. The number of nitrogens with one attached hydrogen (secondary N) is 1. The van der Waals surface area contributed by atoms with E-state index in [0.717, 1.165) is 0 Å². The minimum atomic E-state index is -0.439. The van der Waals surface area contributed by atoms with Crippen molar-refractivity contribution in [3.05, 3.63) is 36.0 Å². The van der Waals surface area contributed by atoms with E-state index in [9.17, 15) is 8.78 Å². The Balaban J connectivity index is 2.82. The quantitative estimate of drug-likeness (QED) is 0.598. The first-order valence-electron chi connectivity index (χ1n) is 3.19. The minimum absolute atomic E-state index is 0.350. The predicted molar refractivity (Wildman–Crippen MR) is 38.2 cm³/mol. The molecule has 0 fully saturated rings. The molecule has 3 heteroatoms. The molecular formula is C8H5F2N. The highest BCUT2D eigenvalue weighted by Crippen LogP contribution is 2.15. The van der Waals surface area contributed by atoms with Crippen molar-refractivity contribution in [2.45, 2.75) is 0 Å². The summed E-state index contributed by atoms with van der Waals surface area (Å²) in [7, 11) is 0. The standard InChI is InChI=1S/C8H5F2N/c9-6-1-2-7-5(3-6)4-8(10)11-7/h1-4,11H. The van der Waals surface area contributed by atoms with Gasteiger partial charge in [0, 0.05) is 17.0 Å². The van der Waals surface area contributed by atoms with Crippen molar-refractivity contribution in [1.82, 2.24) is 4.98 Å². The molecule has 0 amide bonds. The molecule has 2 aromatic rings. The first kappa shape index (κ1) is 6.34. The predicted octanol–water partition coefficient (Wildman–Crippen LogP) is 2.45. The average molecular weight is 153 g/mol. The molecule has 0 unspecified atom stereocenters. The molecule has 11 heavy (non-hydrogen) atoms. The number of hydrogen-bond acceptors (Lipinski definition) is 0. The highest BCUT2D eigenvalue weighted by Gasteiger charge is 1.99. The Kier molecular flexibility index (Phi) is 1.18. The van der Waals surface area contributed by atoms with Gasteiger partial charge in [0.1, 0.15) is 5.82 Å². The second-order valence-corrected chi connectivity index (χ2v) is 2.35. The zero-order valence-corrected chi connectivity index (χ0v) is 5.57. The van der Waals surface area contributed by atoms with Gasteiger partial charge >= 0.3 is 0 Å². The van der Waals surface area contributed by atoms with Crippen LogP contribution in [0, 0.1) is 11.8 Å². The minimum Gasteiger partial charge on any atom is -0.331 e. The molecule has 0 saturated heterocycles. The third-order valence-electron chi connectivity index (χ3n) is 1.55. The maximum atomic E-state index is 12.5. The van der Waals surface area contributed by atoms with Crippen LogP contribution in [0.5, 0.6) is 0 Å². The summed E-state index contributed by atoms with van der Waals surface area (Å²) < 4.78 is 25.0. The number of H-pyrrole nitrogens is 1. The molecule has 0 aliphatic heterocycles. The maximum Gasteiger partial charge on any atom is 0.192 e. The summed E-state index contributed by atoms with van der Waals surface area (Å²) in [5.74, 6) is -0.790. The number of fused-ring (bicyclic) bond motifs is 1. The highest BCUT2D eigenvalue weighted by atomic mass is 19.1. The van der Waals surface area contributed by atoms with Gasteiger partial charge in [0.15, 0.2) is 5.95 Å². The molecule has 2 rings (SSSR count). The van der Waals surface area contributed by atoms with Gasteiger partial charge in [-0.05, 0) is 18.2 Å². The first-order valence-corrected chi connectivity index (χ1v) is 3.19. The summed E-state index contributed by atoms with van der Waals surface area (Å²) >= 11 is 0. The van der Waals surface area contributed by atoms with E-state index in [0.29, 0.717) is 10.9 Å². The van der Waals surface area contributed by atoms with Gasteiger partial charge in [-0.25, -0.2) is 4.39 Å². The van der Waals surface area contributed by atoms with Crippen LogP contribution in [-0.4, -0.2) is 4.98 Å². The van der Waals surface area contributed by atoms with E-state index >= 15 is 0 Å². The van der Waals surface area contributed by atoms with E-state index in [1.54, 1.807) is 0 Å². The molecule has 0 aliphatic rings. The molecule has 0 radical (unpaired) electrons. The lowest BCUT2D eigenvalue weighted by atomic mass is 10.2. The summed E-state index contributed by atoms with van der Waals surface area (Å²) in [5.41, 5.74) is 0.615. The third kappa shape index (κ3) is 0.981. The smallest absolute Gasteiger partial charge is 0.192 e. The second-order valence-electron chi connectivity index (χ2n) is 2.35. The monoisotopic (exact) mass is 153 g/mol. The van der Waals surface area contributed by atoms with Crippen LogP contribution in [0.1, 0.15) is 0 Å². The van der Waals surface area contributed by atoms with Gasteiger partial charge < -0.3 is 4.98 Å². The molecule has 1 heterocycles. The van der Waals surface area contributed by atoms with Gasteiger partial charge in [-0.1, -0.05) is 0 Å². The van der Waals surface area contributed by atoms with E-state index in [-0.39, 0.29) is 5.82 Å². The fraction of sp³-hybridized carbons (Fsp3) is 0. The Morgan fingerprint density at radius 1 is 1.09 bits per heavy atom. The highest BCUT2D eigenvalue weighted by molar-refractivity contribution is 5.79. The van der Waals surface area contributed by atoms with Crippen molar-refractivity contribution in [1.29, 1.82) is 0 Å². The Labute approximate surface area is 61.7 Å². The number of rotatable bonds is 0. The second kappa shape index (κ2) is 2.05. The molecule has 1 aromatic heterocycles. The molecule has 0 bridgehead atoms. The summed E-state index contributed by atoms with van der Waals surface area (Å²) in [6.07, 6.45) is 0. The first-order chi connectivity index (χ1) is 5.25. The van der Waals surface area contributed by atoms with Crippen molar-refractivity contribution in [2.75, 3.05) is 0 Å². The van der Waals surface area contributed by atoms with Crippen LogP contribution in [0.15, 0.2) is 24.3 Å². The van der Waals surface area contributed by atoms with Crippen LogP contribution in [0.25, 0.3) is 10.9 Å². The van der Waals surface area contributed by atoms with Gasteiger partial charge in [0.25, 0.3) is 0 Å². The topological polar surface area (TPSA) is 15.8 Å². The van der Waals surface area contributed by atoms with Crippen LogP contribution in [0.3, 0.4) is 0 Å². The summed E-state index contributed by atoms with van der Waals surface area (Å²) in [5, 5.41) is 0.558. The molecule has 1 N–H and O–H groups in total. The van der Waals surface area contributed by atoms with E-state index < -0.39 is 5.95 Å². The lowest BCUT2D eigenvalue weighted by molar-refractivity contribution is 0.595. The van der Waals surface area contributed by atoms with Crippen LogP contribution in [0.2, 0.25) is 0 Å². The van der Waals surface area contributed by atoms with E-state index in [1.807, 2.05) is 0 Å². The lowest BCUT2D eigenvalue weighted by Gasteiger charge is -1.87. The van der Waals surface area contributed by atoms with Gasteiger partial charge in [-0.3, -0.25) is 0 Å². The zero-order chi connectivity index (χ0) is 7.84. The van der Waals surface area contributed by atoms with Crippen LogP contribution >= 0.6 is 0 Å². The lowest BCUT2D eigenvalue weighted by Crippen LogP contribution is -1.71. The van der Waals surface area contributed by atoms with Gasteiger partial charge in [0.05, 0.1) is 0 Å². The molecular weight excluding hydrogens is 148 g/mol. The number of benzene rings is 1. The summed E-state index contributed by atoms with van der Waals surface area (Å²) in [6, 6.07) is 5.35. The van der Waals surface area contributed by atoms with Crippen molar-refractivity contribution < 1.29 is 8.78 Å². The van der Waals surface area contributed by atoms with Gasteiger partial charge in [-0.2, -0.15) is 4.39 Å². The molecule has 56 valence electrons. The average Bonchev–Trinajstić information content (AvgIpc) is 2.27. The summed E-state index contributed by atoms with van der Waals surface area (Å²) in [6.45, 7) is 0. The van der Waals surface area contributed by atoms with Crippen LogP contribution in [0.4, 0.5) is 8.78 Å². The molecule has 0 spiro atoms. The third-order valence-corrected chi connectivity index (χ3v) is 1.55. The van der Waals surface area contributed by atoms with Crippen molar-refractivity contribution in [3.8, 4) is 0 Å². The summed E-state index contributed by atoms with van der Waals surface area (Å²) in [4.78, 5) is 2.45. The maximum absolute atomic E-state index is 12.5. The number of halogens is 2. The molecule has 0 atom stereocenters. The molecule has 1 nitrogen and oxygen atoms in total. The number of aromatic nitrogens is 1. The zero-order valence-electron chi connectivity index (χ0n) is 5.57. The van der Waals surface area contributed by atoms with Crippen molar-refractivity contribution >= 4 is 10.9 Å². The molecule has 0 saturated carbocycles. The number of aromatic amines is 1.